The van der Waals surface area contributed by atoms with Crippen molar-refractivity contribution >= 4 is 19.5 Å². The van der Waals surface area contributed by atoms with E-state index < -0.39 is 43.7 Å². The molecule has 5 aliphatic rings. The van der Waals surface area contributed by atoms with Crippen LogP contribution in [0.3, 0.4) is 0 Å². The number of fused-ring (bicyclic) bond motifs is 8. The molecule has 2 heterocycles. The van der Waals surface area contributed by atoms with Crippen LogP contribution in [0.15, 0.2) is 36.0 Å². The molecule has 1 saturated heterocycles. The summed E-state index contributed by atoms with van der Waals surface area (Å²) in [5.41, 5.74) is 2.28. The van der Waals surface area contributed by atoms with Crippen molar-refractivity contribution in [3.05, 3.63) is 47.3 Å². The first-order valence-electron chi connectivity index (χ1n) is 17.6. The molecule has 0 radical (unpaired) electrons. The Morgan fingerprint density at radius 3 is 2.67 bits per heavy atom. The summed E-state index contributed by atoms with van der Waals surface area (Å²) >= 11 is 0. The van der Waals surface area contributed by atoms with Crippen LogP contribution in [-0.2, 0) is 25.3 Å². The van der Waals surface area contributed by atoms with Crippen LogP contribution < -0.4 is 4.74 Å². The van der Waals surface area contributed by atoms with Crippen molar-refractivity contribution in [1.82, 2.24) is 9.78 Å². The van der Waals surface area contributed by atoms with Crippen LogP contribution in [0, 0.1) is 28.6 Å². The molecule has 4 fully saturated rings. The average Bonchev–Trinajstić information content (AvgIpc) is 3.68. The van der Waals surface area contributed by atoms with Gasteiger partial charge in [0, 0.05) is 11.6 Å². The molecule has 12 heteroatoms. The minimum absolute atomic E-state index is 0.0109. The summed E-state index contributed by atoms with van der Waals surface area (Å²) in [6, 6.07) is 7.69. The van der Waals surface area contributed by atoms with E-state index in [2.05, 4.69) is 26.8 Å². The fraction of sp³-hybridized carbons (Fsp3) is 0.667. The number of benzene rings is 1. The zero-order valence-corrected chi connectivity index (χ0v) is 29.0. The predicted molar refractivity (Wildman–Crippen MR) is 178 cm³/mol. The molecule has 1 aromatic carbocycles. The summed E-state index contributed by atoms with van der Waals surface area (Å²) < 4.78 is 31.7. The number of carbonyl (C=O) groups is 1. The van der Waals surface area contributed by atoms with Crippen LogP contribution in [0.5, 0.6) is 5.75 Å². The van der Waals surface area contributed by atoms with Gasteiger partial charge in [0.1, 0.15) is 12.4 Å². The van der Waals surface area contributed by atoms with E-state index >= 15 is 0 Å². The van der Waals surface area contributed by atoms with Gasteiger partial charge >= 0.3 is 7.60 Å². The maximum absolute atomic E-state index is 13.6. The molecule has 11 nitrogen and oxygen atoms in total. The highest BCUT2D eigenvalue weighted by Gasteiger charge is 2.75. The molecule has 2 aromatic rings. The number of carbonyl (C=O) groups excluding carboxylic acids is 1. The van der Waals surface area contributed by atoms with Crippen LogP contribution in [0.25, 0.3) is 11.8 Å². The maximum atomic E-state index is 13.6. The molecule has 4 N–H and O–H groups in total. The van der Waals surface area contributed by atoms with E-state index in [0.717, 1.165) is 42.6 Å². The molecule has 0 amide bonds. The van der Waals surface area contributed by atoms with Crippen LogP contribution in [0.2, 0.25) is 0 Å². The molecule has 4 aliphatic carbocycles. The molecule has 0 bridgehead atoms. The first-order chi connectivity index (χ1) is 22.8. The maximum Gasteiger partial charge on any atom is 0.325 e. The molecule has 1 unspecified atom stereocenters. The molecule has 7 rings (SSSR count). The van der Waals surface area contributed by atoms with E-state index in [9.17, 15) is 19.6 Å². The number of hydrogen-bond acceptors (Lipinski definition) is 8. The Kier molecular flexibility index (Phi) is 8.84. The topological polar surface area (TPSA) is 161 Å². The van der Waals surface area contributed by atoms with Gasteiger partial charge in [-0.2, -0.15) is 5.10 Å². The number of ketones is 1. The molecule has 9 atom stereocenters. The third-order valence-corrected chi connectivity index (χ3v) is 13.4. The van der Waals surface area contributed by atoms with E-state index in [0.29, 0.717) is 44.5 Å². The Bertz CT molecular complexity index is 1620. The Morgan fingerprint density at radius 2 is 1.96 bits per heavy atom. The van der Waals surface area contributed by atoms with Gasteiger partial charge in [-0.05, 0) is 110 Å². The Morgan fingerprint density at radius 1 is 1.19 bits per heavy atom. The number of hydrogen-bond donors (Lipinski definition) is 4. The van der Waals surface area contributed by atoms with E-state index in [4.69, 9.17) is 29.1 Å². The highest BCUT2D eigenvalue weighted by atomic mass is 31.2. The third kappa shape index (κ3) is 5.36. The largest absolute Gasteiger partial charge is 0.494 e. The number of rotatable bonds is 11. The number of allylic oxidation sites excluding steroid dienone is 1. The number of aliphatic hydroxyl groups excluding tert-OH is 2. The summed E-state index contributed by atoms with van der Waals surface area (Å²) in [6.45, 7) is 6.24. The number of aromatic nitrogens is 2. The van der Waals surface area contributed by atoms with Crippen molar-refractivity contribution in [2.24, 2.45) is 28.6 Å². The fourth-order valence-corrected chi connectivity index (χ4v) is 11.1. The van der Waals surface area contributed by atoms with Crippen molar-refractivity contribution in [2.75, 3.05) is 19.4 Å². The van der Waals surface area contributed by atoms with Gasteiger partial charge in [-0.3, -0.25) is 9.36 Å². The zero-order chi connectivity index (χ0) is 34.1. The summed E-state index contributed by atoms with van der Waals surface area (Å²) in [5.74, 6) is 0.693. The predicted octanol–water partition coefficient (Wildman–Crippen LogP) is 4.81. The summed E-state index contributed by atoms with van der Waals surface area (Å²) in [7, 11) is -3.98. The number of nitrogens with zero attached hydrogens (tertiary/aromatic N) is 2. The van der Waals surface area contributed by atoms with Gasteiger partial charge in [-0.25, -0.2) is 4.68 Å². The van der Waals surface area contributed by atoms with Crippen LogP contribution in [0.1, 0.15) is 83.4 Å². The van der Waals surface area contributed by atoms with Crippen molar-refractivity contribution in [3.63, 3.8) is 0 Å². The molecular weight excluding hydrogens is 635 g/mol. The number of Topliss-reactive ketones (excluding diaryl/α,β-unsaturated/α-hetero) is 1. The van der Waals surface area contributed by atoms with Gasteiger partial charge in [0.25, 0.3) is 0 Å². The summed E-state index contributed by atoms with van der Waals surface area (Å²) in [5, 5.41) is 27.0. The van der Waals surface area contributed by atoms with E-state index in [1.807, 2.05) is 35.1 Å². The first-order valence-corrected chi connectivity index (χ1v) is 19.4. The van der Waals surface area contributed by atoms with Gasteiger partial charge < -0.3 is 34.2 Å². The second-order valence-electron chi connectivity index (χ2n) is 15.2. The van der Waals surface area contributed by atoms with E-state index in [-0.39, 0.29) is 35.1 Å². The highest BCUT2D eigenvalue weighted by Crippen LogP contribution is 2.70. The highest BCUT2D eigenvalue weighted by molar-refractivity contribution is 7.51. The van der Waals surface area contributed by atoms with Crippen LogP contribution in [-0.4, -0.2) is 79.0 Å². The zero-order valence-electron chi connectivity index (χ0n) is 28.1. The fourth-order valence-electron chi connectivity index (χ4n) is 10.5. The number of ether oxygens (including phenoxy) is 3. The van der Waals surface area contributed by atoms with Gasteiger partial charge in [0.15, 0.2) is 17.7 Å². The van der Waals surface area contributed by atoms with Crippen molar-refractivity contribution in [3.8, 4) is 11.4 Å². The molecule has 1 aliphatic heterocycles. The Hall–Kier alpha value is -2.37. The molecular formula is C36H49N2O9P. The van der Waals surface area contributed by atoms with Crippen molar-refractivity contribution < 1.29 is 43.6 Å². The first kappa shape index (κ1) is 34.1. The quantitative estimate of drug-likeness (QED) is 0.191. The van der Waals surface area contributed by atoms with Crippen LogP contribution in [0.4, 0.5) is 0 Å². The second-order valence-corrected chi connectivity index (χ2v) is 17.0. The second kappa shape index (κ2) is 12.4. The number of aliphatic hydroxyl groups is 2. The standard InChI is InChI=1S/C36H49N2O9P/c1-4-7-32-46-31-17-27-26-13-8-23-16-28-22(18-34(23,2)33(26)29(40)19-35(27,3)36(31,47-32)30(41)21-39)20-37-38(28)24-9-11-25(12-10-24)45-14-5-6-15-48(42,43)44/h9-12,16,20,26-27,29,31-33,39-40H,4-8,13-15,17-19,21H2,1-3H3,(H2,42,43,44)/t26-,27-,29-,31+,32?,33+,34-,35-,36+/m0/s1. The SMILES string of the molecule is CCCC1O[C@@H]2C[C@H]3[C@@H]4CCC5=Cc6c(cnn6-c6ccc(OCCCCP(=O)(O)O)cc6)C[C@]5(C)[C@H]4[C@@H](O)C[C@]3(C)[C@]2(C(=O)CO)O1. The van der Waals surface area contributed by atoms with Gasteiger partial charge in [0.2, 0.25) is 0 Å². The lowest BCUT2D eigenvalue weighted by molar-refractivity contribution is -0.202. The third-order valence-electron chi connectivity index (χ3n) is 12.5. The van der Waals surface area contributed by atoms with E-state index in [1.54, 1.807) is 0 Å². The summed E-state index contributed by atoms with van der Waals surface area (Å²) in [4.78, 5) is 31.6. The lowest BCUT2D eigenvalue weighted by atomic mass is 9.45. The van der Waals surface area contributed by atoms with Gasteiger partial charge in [-0.15, -0.1) is 0 Å². The average molecular weight is 685 g/mol. The van der Waals surface area contributed by atoms with Crippen molar-refractivity contribution in [2.45, 2.75) is 103 Å². The van der Waals surface area contributed by atoms with Crippen LogP contribution >= 0.6 is 7.60 Å². The van der Waals surface area contributed by atoms with Gasteiger partial charge in [0.05, 0.1) is 36.4 Å². The molecule has 3 saturated carbocycles. The molecule has 0 spiro atoms. The summed E-state index contributed by atoms with van der Waals surface area (Å²) in [6.07, 6.45) is 8.76. The Labute approximate surface area is 281 Å². The molecule has 48 heavy (non-hydrogen) atoms. The normalized spacial score (nSPS) is 36.8. The minimum Gasteiger partial charge on any atom is -0.494 e. The van der Waals surface area contributed by atoms with Crippen molar-refractivity contribution in [1.29, 1.82) is 0 Å². The Balaban J connectivity index is 1.10. The van der Waals surface area contributed by atoms with Gasteiger partial charge in [-0.1, -0.05) is 32.8 Å². The molecule has 262 valence electrons. The lowest BCUT2D eigenvalue weighted by Gasteiger charge is -2.60. The smallest absolute Gasteiger partial charge is 0.325 e. The molecule has 1 aromatic heterocycles. The number of unbranched alkanes of at least 4 members (excludes halogenated alkanes) is 1. The van der Waals surface area contributed by atoms with E-state index in [1.165, 1.54) is 5.57 Å². The minimum atomic E-state index is -3.98. The monoisotopic (exact) mass is 684 g/mol. The lowest BCUT2D eigenvalue weighted by Crippen LogP contribution is -2.64.